The van der Waals surface area contributed by atoms with E-state index < -0.39 is 0 Å². The van der Waals surface area contributed by atoms with Gasteiger partial charge in [-0.1, -0.05) is 18.2 Å². The van der Waals surface area contributed by atoms with E-state index in [1.807, 2.05) is 38.1 Å². The lowest BCUT2D eigenvalue weighted by Gasteiger charge is -2.18. The quantitative estimate of drug-likeness (QED) is 0.834. The van der Waals surface area contributed by atoms with Gasteiger partial charge in [-0.15, -0.1) is 0 Å². The van der Waals surface area contributed by atoms with Gasteiger partial charge in [0.1, 0.15) is 5.75 Å². The van der Waals surface area contributed by atoms with Crippen LogP contribution in [0.1, 0.15) is 19.4 Å². The van der Waals surface area contributed by atoms with Gasteiger partial charge in [-0.3, -0.25) is 4.79 Å². The zero-order chi connectivity index (χ0) is 13.5. The molecule has 0 spiro atoms. The maximum atomic E-state index is 11.7. The van der Waals surface area contributed by atoms with Crippen LogP contribution in [0.5, 0.6) is 5.75 Å². The molecule has 1 aromatic carbocycles. The van der Waals surface area contributed by atoms with Gasteiger partial charge in [-0.25, -0.2) is 0 Å². The van der Waals surface area contributed by atoms with Crippen molar-refractivity contribution in [3.05, 3.63) is 29.8 Å². The number of nitrogens with zero attached hydrogens (tertiary/aromatic N) is 1. The summed E-state index contributed by atoms with van der Waals surface area (Å²) in [7, 11) is 3.52. The van der Waals surface area contributed by atoms with Gasteiger partial charge < -0.3 is 15.0 Å². The molecule has 0 aliphatic carbocycles. The Bertz CT molecular complexity index is 391. The van der Waals surface area contributed by atoms with Crippen molar-refractivity contribution in [3.63, 3.8) is 0 Å². The summed E-state index contributed by atoms with van der Waals surface area (Å²) in [6.45, 7) is 5.09. The average Bonchev–Trinajstić information content (AvgIpc) is 2.36. The predicted molar refractivity (Wildman–Crippen MR) is 72.6 cm³/mol. The molecule has 1 amide bonds. The minimum absolute atomic E-state index is 0.0730. The first-order valence-corrected chi connectivity index (χ1v) is 6.21. The average molecular weight is 250 g/mol. The van der Waals surface area contributed by atoms with E-state index in [1.54, 1.807) is 19.0 Å². The van der Waals surface area contributed by atoms with E-state index in [-0.39, 0.29) is 11.9 Å². The van der Waals surface area contributed by atoms with Crippen LogP contribution in [0.25, 0.3) is 0 Å². The number of rotatable bonds is 6. The molecule has 100 valence electrons. The molecule has 0 aliphatic rings. The number of amides is 1. The molecule has 1 rings (SSSR count). The summed E-state index contributed by atoms with van der Waals surface area (Å²) >= 11 is 0. The van der Waals surface area contributed by atoms with Crippen LogP contribution in [0, 0.1) is 0 Å². The maximum absolute atomic E-state index is 11.7. The molecule has 0 fully saturated rings. The molecule has 0 heterocycles. The minimum atomic E-state index is -0.199. The van der Waals surface area contributed by atoms with Crippen LogP contribution in [0.15, 0.2) is 24.3 Å². The topological polar surface area (TPSA) is 41.6 Å². The van der Waals surface area contributed by atoms with Crippen LogP contribution in [0.2, 0.25) is 0 Å². The van der Waals surface area contributed by atoms with Crippen molar-refractivity contribution in [1.29, 1.82) is 0 Å². The molecule has 0 radical (unpaired) electrons. The number of hydrogen-bond acceptors (Lipinski definition) is 3. The molecular weight excluding hydrogens is 228 g/mol. The second kappa shape index (κ2) is 7.01. The second-order valence-electron chi connectivity index (χ2n) is 4.38. The molecule has 0 saturated heterocycles. The fourth-order valence-electron chi connectivity index (χ4n) is 1.68. The number of ether oxygens (including phenoxy) is 1. The van der Waals surface area contributed by atoms with Crippen molar-refractivity contribution < 1.29 is 9.53 Å². The molecule has 18 heavy (non-hydrogen) atoms. The highest BCUT2D eigenvalue weighted by Gasteiger charge is 2.14. The lowest BCUT2D eigenvalue weighted by molar-refractivity contribution is -0.130. The zero-order valence-electron chi connectivity index (χ0n) is 11.6. The first-order valence-electron chi connectivity index (χ1n) is 6.21. The highest BCUT2D eigenvalue weighted by molar-refractivity contribution is 5.80. The Hall–Kier alpha value is -1.55. The first-order chi connectivity index (χ1) is 8.56. The fraction of sp³-hybridized carbons (Fsp3) is 0.500. The SMILES string of the molecule is CCOc1ccccc1CNC(C)C(=O)N(C)C. The number of likely N-dealkylation sites (N-methyl/N-ethyl adjacent to an activating group) is 1. The van der Waals surface area contributed by atoms with E-state index in [2.05, 4.69) is 5.32 Å². The number of carbonyl (C=O) groups is 1. The van der Waals surface area contributed by atoms with Gasteiger partial charge in [0.2, 0.25) is 5.91 Å². The Morgan fingerprint density at radius 3 is 2.67 bits per heavy atom. The van der Waals surface area contributed by atoms with E-state index in [0.717, 1.165) is 11.3 Å². The van der Waals surface area contributed by atoms with E-state index in [9.17, 15) is 4.79 Å². The molecule has 1 unspecified atom stereocenters. The lowest BCUT2D eigenvalue weighted by atomic mass is 10.2. The van der Waals surface area contributed by atoms with Gasteiger partial charge in [0.05, 0.1) is 12.6 Å². The summed E-state index contributed by atoms with van der Waals surface area (Å²) in [4.78, 5) is 13.3. The van der Waals surface area contributed by atoms with Crippen molar-refractivity contribution in [2.24, 2.45) is 0 Å². The third-order valence-electron chi connectivity index (χ3n) is 2.68. The number of carbonyl (C=O) groups excluding carboxylic acids is 1. The van der Waals surface area contributed by atoms with E-state index >= 15 is 0 Å². The minimum Gasteiger partial charge on any atom is -0.494 e. The third-order valence-corrected chi connectivity index (χ3v) is 2.68. The van der Waals surface area contributed by atoms with Crippen LogP contribution in [0.4, 0.5) is 0 Å². The van der Waals surface area contributed by atoms with E-state index in [1.165, 1.54) is 0 Å². The Labute approximate surface area is 109 Å². The van der Waals surface area contributed by atoms with Gasteiger partial charge in [0, 0.05) is 26.2 Å². The summed E-state index contributed by atoms with van der Waals surface area (Å²) in [6, 6.07) is 7.67. The van der Waals surface area contributed by atoms with Crippen molar-refractivity contribution in [3.8, 4) is 5.75 Å². The zero-order valence-corrected chi connectivity index (χ0v) is 11.6. The number of nitrogens with one attached hydrogen (secondary N) is 1. The summed E-state index contributed by atoms with van der Waals surface area (Å²) in [6.07, 6.45) is 0. The number of hydrogen-bond donors (Lipinski definition) is 1. The Morgan fingerprint density at radius 2 is 2.06 bits per heavy atom. The molecule has 4 heteroatoms. The first kappa shape index (κ1) is 14.5. The molecule has 0 saturated carbocycles. The molecule has 4 nitrogen and oxygen atoms in total. The van der Waals surface area contributed by atoms with Gasteiger partial charge in [-0.05, 0) is 19.9 Å². The lowest BCUT2D eigenvalue weighted by Crippen LogP contribution is -2.41. The van der Waals surface area contributed by atoms with E-state index in [0.29, 0.717) is 13.2 Å². The number of benzene rings is 1. The van der Waals surface area contributed by atoms with Crippen LogP contribution >= 0.6 is 0 Å². The highest BCUT2D eigenvalue weighted by Crippen LogP contribution is 2.17. The third kappa shape index (κ3) is 4.04. The standard InChI is InChI=1S/C14H22N2O2/c1-5-18-13-9-7-6-8-12(13)10-15-11(2)14(17)16(3)4/h6-9,11,15H,5,10H2,1-4H3. The molecule has 0 bridgehead atoms. The van der Waals surface area contributed by atoms with Crippen molar-refractivity contribution >= 4 is 5.91 Å². The Kier molecular flexibility index (Phi) is 5.65. The van der Waals surface area contributed by atoms with Crippen molar-refractivity contribution in [2.75, 3.05) is 20.7 Å². The summed E-state index contributed by atoms with van der Waals surface area (Å²) in [5, 5.41) is 3.21. The van der Waals surface area contributed by atoms with Gasteiger partial charge in [-0.2, -0.15) is 0 Å². The van der Waals surface area contributed by atoms with Gasteiger partial charge >= 0.3 is 0 Å². The Morgan fingerprint density at radius 1 is 1.39 bits per heavy atom. The second-order valence-corrected chi connectivity index (χ2v) is 4.38. The maximum Gasteiger partial charge on any atom is 0.238 e. The summed E-state index contributed by atoms with van der Waals surface area (Å²) in [5.41, 5.74) is 1.07. The number of para-hydroxylation sites is 1. The van der Waals surface area contributed by atoms with Crippen LogP contribution in [0.3, 0.4) is 0 Å². The van der Waals surface area contributed by atoms with E-state index in [4.69, 9.17) is 4.74 Å². The Balaban J connectivity index is 2.60. The molecular formula is C14H22N2O2. The van der Waals surface area contributed by atoms with Crippen LogP contribution in [-0.2, 0) is 11.3 Å². The summed E-state index contributed by atoms with van der Waals surface area (Å²) < 4.78 is 5.54. The molecule has 1 N–H and O–H groups in total. The van der Waals surface area contributed by atoms with Crippen LogP contribution < -0.4 is 10.1 Å². The molecule has 1 atom stereocenters. The fourth-order valence-corrected chi connectivity index (χ4v) is 1.68. The van der Waals surface area contributed by atoms with Crippen molar-refractivity contribution in [1.82, 2.24) is 10.2 Å². The molecule has 0 aliphatic heterocycles. The van der Waals surface area contributed by atoms with Gasteiger partial charge in [0.25, 0.3) is 0 Å². The summed E-state index contributed by atoms with van der Waals surface area (Å²) in [5.74, 6) is 0.945. The van der Waals surface area contributed by atoms with Crippen molar-refractivity contribution in [2.45, 2.75) is 26.4 Å². The monoisotopic (exact) mass is 250 g/mol. The molecule has 1 aromatic rings. The smallest absolute Gasteiger partial charge is 0.238 e. The largest absolute Gasteiger partial charge is 0.494 e. The normalized spacial score (nSPS) is 12.0. The van der Waals surface area contributed by atoms with Gasteiger partial charge in [0.15, 0.2) is 0 Å². The predicted octanol–water partition coefficient (Wildman–Crippen LogP) is 1.65. The van der Waals surface area contributed by atoms with Crippen LogP contribution in [-0.4, -0.2) is 37.6 Å². The highest BCUT2D eigenvalue weighted by atomic mass is 16.5. The molecule has 0 aromatic heterocycles.